The lowest BCUT2D eigenvalue weighted by molar-refractivity contribution is -0.210. The topological polar surface area (TPSA) is 107 Å². The second-order valence-electron chi connectivity index (χ2n) is 8.76. The van der Waals surface area contributed by atoms with Gasteiger partial charge in [0.05, 0.1) is 25.3 Å². The molecule has 0 aliphatic heterocycles. The number of ether oxygens (including phenoxy) is 6. The SMILES string of the molecule is COC1=Cc2c(-c3cnc4c5c(ccnc35)C=C(OC)C4(OC)OC)cnc3ccnc(c23)C1(OC)OC. The Balaban J connectivity index is 1.70. The number of pyridine rings is 4. The fourth-order valence-corrected chi connectivity index (χ4v) is 5.57. The highest BCUT2D eigenvalue weighted by Crippen LogP contribution is 2.48. The van der Waals surface area contributed by atoms with Crippen molar-refractivity contribution in [3.63, 3.8) is 0 Å². The van der Waals surface area contributed by atoms with E-state index in [-0.39, 0.29) is 0 Å². The van der Waals surface area contributed by atoms with Gasteiger partial charge in [-0.15, -0.1) is 0 Å². The summed E-state index contributed by atoms with van der Waals surface area (Å²) in [6.07, 6.45) is 10.8. The predicted molar refractivity (Wildman–Crippen MR) is 139 cm³/mol. The van der Waals surface area contributed by atoms with Crippen molar-refractivity contribution < 1.29 is 28.4 Å². The lowest BCUT2D eigenvalue weighted by Crippen LogP contribution is -2.37. The molecule has 0 saturated heterocycles. The molecule has 4 aromatic rings. The van der Waals surface area contributed by atoms with Crippen LogP contribution in [0.15, 0.2) is 48.4 Å². The Morgan fingerprint density at radius 3 is 1.87 bits per heavy atom. The molecule has 0 amide bonds. The van der Waals surface area contributed by atoms with E-state index in [0.717, 1.165) is 38.5 Å². The molecule has 4 aromatic heterocycles. The zero-order chi connectivity index (χ0) is 26.7. The molecule has 38 heavy (non-hydrogen) atoms. The zero-order valence-corrected chi connectivity index (χ0v) is 21.9. The Morgan fingerprint density at radius 1 is 0.605 bits per heavy atom. The summed E-state index contributed by atoms with van der Waals surface area (Å²) in [5.41, 5.74) is 5.86. The van der Waals surface area contributed by atoms with E-state index >= 15 is 0 Å². The lowest BCUT2D eigenvalue weighted by atomic mass is 9.87. The Morgan fingerprint density at radius 2 is 1.21 bits per heavy atom. The fraction of sp³-hybridized carbons (Fsp3) is 0.286. The number of rotatable bonds is 7. The van der Waals surface area contributed by atoms with Crippen LogP contribution in [0.3, 0.4) is 0 Å². The van der Waals surface area contributed by atoms with Crippen LogP contribution in [-0.2, 0) is 40.0 Å². The standard InChI is InChI=1S/C28H26N4O6/c1-33-20-11-15-7-9-29-24-18(14-32-25(22(15)24)27(20,35-3)36-4)17-13-31-19-8-10-30-26-23(19)16(17)12-21(34-2)28(26,37-5)38-6/h7-14H,1-6H3. The van der Waals surface area contributed by atoms with Gasteiger partial charge in [-0.2, -0.15) is 0 Å². The summed E-state index contributed by atoms with van der Waals surface area (Å²) in [7, 11) is 9.37. The number of nitrogens with zero attached hydrogens (tertiary/aromatic N) is 4. The van der Waals surface area contributed by atoms with Crippen molar-refractivity contribution in [2.45, 2.75) is 11.6 Å². The van der Waals surface area contributed by atoms with Crippen LogP contribution in [0.1, 0.15) is 22.5 Å². The number of hydrogen-bond donors (Lipinski definition) is 0. The largest absolute Gasteiger partial charge is 0.495 e. The Hall–Kier alpha value is -3.96. The first-order valence-electron chi connectivity index (χ1n) is 11.8. The van der Waals surface area contributed by atoms with Crippen molar-refractivity contribution in [1.29, 1.82) is 0 Å². The second-order valence-corrected chi connectivity index (χ2v) is 8.76. The first-order chi connectivity index (χ1) is 18.5. The predicted octanol–water partition coefficient (Wildman–Crippen LogP) is 4.13. The van der Waals surface area contributed by atoms with Crippen molar-refractivity contribution in [2.24, 2.45) is 0 Å². The van der Waals surface area contributed by atoms with Crippen molar-refractivity contribution >= 4 is 34.0 Å². The first kappa shape index (κ1) is 24.4. The van der Waals surface area contributed by atoms with Crippen molar-refractivity contribution in [1.82, 2.24) is 19.9 Å². The molecule has 0 N–H and O–H groups in total. The molecule has 0 atom stereocenters. The van der Waals surface area contributed by atoms with Crippen LogP contribution >= 0.6 is 0 Å². The van der Waals surface area contributed by atoms with Crippen molar-refractivity contribution in [3.8, 4) is 11.1 Å². The van der Waals surface area contributed by atoms with Gasteiger partial charge in [0, 0.05) is 75.1 Å². The molecule has 10 heteroatoms. The van der Waals surface area contributed by atoms with Gasteiger partial charge in [0.25, 0.3) is 11.6 Å². The zero-order valence-electron chi connectivity index (χ0n) is 21.9. The monoisotopic (exact) mass is 514 g/mol. The Kier molecular flexibility index (Phi) is 5.65. The van der Waals surface area contributed by atoms with Gasteiger partial charge in [0.1, 0.15) is 11.4 Å². The van der Waals surface area contributed by atoms with Gasteiger partial charge < -0.3 is 28.4 Å². The molecule has 0 bridgehead atoms. The van der Waals surface area contributed by atoms with E-state index < -0.39 is 11.6 Å². The first-order valence-corrected chi connectivity index (χ1v) is 11.8. The van der Waals surface area contributed by atoms with Gasteiger partial charge >= 0.3 is 0 Å². The summed E-state index contributed by atoms with van der Waals surface area (Å²) in [6, 6.07) is 3.76. The third-order valence-corrected chi connectivity index (χ3v) is 7.33. The molecular weight excluding hydrogens is 488 g/mol. The van der Waals surface area contributed by atoms with Gasteiger partial charge in [-0.05, 0) is 35.4 Å². The molecule has 6 rings (SSSR count). The van der Waals surface area contributed by atoms with E-state index in [2.05, 4.69) is 4.98 Å². The van der Waals surface area contributed by atoms with Gasteiger partial charge in [0.2, 0.25) is 0 Å². The summed E-state index contributed by atoms with van der Waals surface area (Å²) in [5.74, 6) is -1.68. The number of aromatic nitrogens is 4. The van der Waals surface area contributed by atoms with E-state index in [9.17, 15) is 0 Å². The maximum atomic E-state index is 5.85. The number of hydrogen-bond acceptors (Lipinski definition) is 10. The normalized spacial score (nSPS) is 16.8. The molecule has 0 saturated carbocycles. The molecular formula is C28H26N4O6. The van der Waals surface area contributed by atoms with Crippen LogP contribution in [0.4, 0.5) is 0 Å². The maximum Gasteiger partial charge on any atom is 0.272 e. The third kappa shape index (κ3) is 2.96. The minimum absolute atomic E-state index is 0.455. The lowest BCUT2D eigenvalue weighted by Gasteiger charge is -2.36. The van der Waals surface area contributed by atoms with Gasteiger partial charge in [0.15, 0.2) is 11.5 Å². The summed E-state index contributed by atoms with van der Waals surface area (Å²) in [5, 5.41) is 1.59. The summed E-state index contributed by atoms with van der Waals surface area (Å²) in [4.78, 5) is 19.0. The Labute approximate surface area is 218 Å². The highest BCUT2D eigenvalue weighted by atomic mass is 16.7. The summed E-state index contributed by atoms with van der Waals surface area (Å²) >= 11 is 0. The molecule has 2 aliphatic carbocycles. The molecule has 0 aromatic carbocycles. The van der Waals surface area contributed by atoms with Gasteiger partial charge in [-0.3, -0.25) is 19.9 Å². The molecule has 0 spiro atoms. The number of methoxy groups -OCH3 is 6. The van der Waals surface area contributed by atoms with Crippen LogP contribution in [0.25, 0.3) is 45.1 Å². The van der Waals surface area contributed by atoms with E-state index in [1.54, 1.807) is 61.2 Å². The summed E-state index contributed by atoms with van der Waals surface area (Å²) < 4.78 is 34.8. The van der Waals surface area contributed by atoms with E-state index in [0.29, 0.717) is 28.4 Å². The highest BCUT2D eigenvalue weighted by Gasteiger charge is 2.46. The van der Waals surface area contributed by atoms with Crippen LogP contribution < -0.4 is 0 Å². The minimum atomic E-state index is -1.31. The molecule has 0 unspecified atom stereocenters. The van der Waals surface area contributed by atoms with Gasteiger partial charge in [-0.1, -0.05) is 0 Å². The van der Waals surface area contributed by atoms with Crippen LogP contribution in [0.5, 0.6) is 0 Å². The van der Waals surface area contributed by atoms with Crippen molar-refractivity contribution in [2.75, 3.05) is 42.7 Å². The molecule has 0 radical (unpaired) electrons. The smallest absolute Gasteiger partial charge is 0.272 e. The van der Waals surface area contributed by atoms with Crippen LogP contribution in [-0.4, -0.2) is 62.6 Å². The summed E-state index contributed by atoms with van der Waals surface area (Å²) in [6.45, 7) is 0. The molecule has 0 fully saturated rings. The molecule has 4 heterocycles. The van der Waals surface area contributed by atoms with Crippen molar-refractivity contribution in [3.05, 3.63) is 71.0 Å². The quantitative estimate of drug-likeness (QED) is 0.334. The molecule has 2 aliphatic rings. The van der Waals surface area contributed by atoms with E-state index in [1.807, 2.05) is 30.5 Å². The second kappa shape index (κ2) is 8.81. The van der Waals surface area contributed by atoms with Crippen LogP contribution in [0, 0.1) is 0 Å². The average molecular weight is 515 g/mol. The third-order valence-electron chi connectivity index (χ3n) is 7.33. The Bertz CT molecular complexity index is 1660. The molecule has 194 valence electrons. The van der Waals surface area contributed by atoms with Crippen LogP contribution in [0.2, 0.25) is 0 Å². The fourth-order valence-electron chi connectivity index (χ4n) is 5.57. The maximum absolute atomic E-state index is 5.85. The van der Waals surface area contributed by atoms with E-state index in [1.165, 1.54) is 0 Å². The minimum Gasteiger partial charge on any atom is -0.495 e. The average Bonchev–Trinajstić information content (AvgIpc) is 2.97. The highest BCUT2D eigenvalue weighted by molar-refractivity contribution is 6.06. The van der Waals surface area contributed by atoms with E-state index in [4.69, 9.17) is 43.4 Å². The van der Waals surface area contributed by atoms with Gasteiger partial charge in [-0.25, -0.2) is 0 Å². The molecule has 10 nitrogen and oxygen atoms in total.